The third-order valence-corrected chi connectivity index (χ3v) is 4.35. The number of ketones is 1. The quantitative estimate of drug-likeness (QED) is 0.420. The number of furan rings is 1. The maximum atomic E-state index is 12.8. The fourth-order valence-corrected chi connectivity index (χ4v) is 3.40. The molecule has 2 aromatic carbocycles. The molecule has 5 rings (SSSR count). The van der Waals surface area contributed by atoms with Crippen LogP contribution in [0.3, 0.4) is 0 Å². The fourth-order valence-electron chi connectivity index (χ4n) is 3.40. The van der Waals surface area contributed by atoms with Crippen molar-refractivity contribution in [3.8, 4) is 11.3 Å². The summed E-state index contributed by atoms with van der Waals surface area (Å²) in [6.07, 6.45) is 0. The molecule has 0 spiro atoms. The number of pyridine rings is 1. The van der Waals surface area contributed by atoms with Crippen LogP contribution in [-0.4, -0.2) is 10.8 Å². The number of aromatic nitrogens is 1. The third-order valence-electron chi connectivity index (χ3n) is 4.35. The zero-order valence-corrected chi connectivity index (χ0v) is 11.9. The van der Waals surface area contributed by atoms with Gasteiger partial charge >= 0.3 is 0 Å². The Hall–Kier alpha value is -2.94. The Bertz CT molecular complexity index is 1110. The summed E-state index contributed by atoms with van der Waals surface area (Å²) in [4.78, 5) is 17.5. The molecule has 0 aliphatic heterocycles. The largest absolute Gasteiger partial charge is 0.455 e. The highest BCUT2D eigenvalue weighted by Crippen LogP contribution is 2.42. The maximum Gasteiger partial charge on any atom is 0.199 e. The van der Waals surface area contributed by atoms with Crippen molar-refractivity contribution in [2.24, 2.45) is 0 Å². The predicted octanol–water partition coefficient (Wildman–Crippen LogP) is 4.50. The minimum atomic E-state index is 0.00200. The monoisotopic (exact) mass is 285 g/mol. The van der Waals surface area contributed by atoms with E-state index in [9.17, 15) is 4.79 Å². The summed E-state index contributed by atoms with van der Waals surface area (Å²) in [7, 11) is 0. The van der Waals surface area contributed by atoms with Crippen LogP contribution in [0.15, 0.2) is 52.9 Å². The van der Waals surface area contributed by atoms with Gasteiger partial charge in [0.25, 0.3) is 0 Å². The first-order valence-corrected chi connectivity index (χ1v) is 7.21. The van der Waals surface area contributed by atoms with E-state index in [1.807, 2.05) is 55.5 Å². The van der Waals surface area contributed by atoms with Gasteiger partial charge in [0, 0.05) is 22.2 Å². The molecule has 22 heavy (non-hydrogen) atoms. The molecule has 0 unspecified atom stereocenters. The van der Waals surface area contributed by atoms with Gasteiger partial charge in [0.05, 0.1) is 16.6 Å². The molecule has 2 aromatic heterocycles. The van der Waals surface area contributed by atoms with Crippen molar-refractivity contribution >= 4 is 27.7 Å². The molecule has 0 saturated carbocycles. The van der Waals surface area contributed by atoms with Gasteiger partial charge in [-0.2, -0.15) is 0 Å². The first-order valence-electron chi connectivity index (χ1n) is 7.21. The molecular formula is C19H11NO2. The Kier molecular flexibility index (Phi) is 2.03. The number of fused-ring (bicyclic) bond motifs is 7. The van der Waals surface area contributed by atoms with E-state index in [1.165, 1.54) is 0 Å². The van der Waals surface area contributed by atoms with E-state index in [1.54, 1.807) is 0 Å². The lowest BCUT2D eigenvalue weighted by Gasteiger charge is -2.02. The lowest BCUT2D eigenvalue weighted by atomic mass is 10.1. The molecule has 0 atom stereocenters. The van der Waals surface area contributed by atoms with Crippen LogP contribution in [0, 0.1) is 6.92 Å². The van der Waals surface area contributed by atoms with Gasteiger partial charge in [-0.15, -0.1) is 0 Å². The molecule has 0 fully saturated rings. The number of aryl methyl sites for hydroxylation is 1. The average molecular weight is 285 g/mol. The molecule has 3 nitrogen and oxygen atoms in total. The van der Waals surface area contributed by atoms with Gasteiger partial charge in [0.1, 0.15) is 5.58 Å². The summed E-state index contributed by atoms with van der Waals surface area (Å²) < 4.78 is 6.02. The molecule has 4 aromatic rings. The van der Waals surface area contributed by atoms with Crippen LogP contribution in [-0.2, 0) is 0 Å². The molecule has 3 heteroatoms. The van der Waals surface area contributed by atoms with E-state index < -0.39 is 0 Å². The normalized spacial score (nSPS) is 12.9. The first-order chi connectivity index (χ1) is 10.8. The highest BCUT2D eigenvalue weighted by molar-refractivity contribution is 6.27. The second-order valence-corrected chi connectivity index (χ2v) is 5.60. The van der Waals surface area contributed by atoms with Crippen molar-refractivity contribution < 1.29 is 9.21 Å². The lowest BCUT2D eigenvalue weighted by Crippen LogP contribution is -1.97. The molecule has 0 radical (unpaired) electrons. The van der Waals surface area contributed by atoms with E-state index in [4.69, 9.17) is 9.40 Å². The van der Waals surface area contributed by atoms with Gasteiger partial charge in [-0.25, -0.2) is 0 Å². The maximum absolute atomic E-state index is 12.8. The number of rotatable bonds is 0. The van der Waals surface area contributed by atoms with Gasteiger partial charge in [-0.1, -0.05) is 42.5 Å². The highest BCUT2D eigenvalue weighted by atomic mass is 16.3. The Morgan fingerprint density at radius 3 is 2.55 bits per heavy atom. The van der Waals surface area contributed by atoms with Gasteiger partial charge in [-0.3, -0.25) is 9.78 Å². The number of carbonyl (C=O) groups is 1. The van der Waals surface area contributed by atoms with E-state index in [2.05, 4.69) is 0 Å². The predicted molar refractivity (Wildman–Crippen MR) is 85.1 cm³/mol. The van der Waals surface area contributed by atoms with E-state index >= 15 is 0 Å². The van der Waals surface area contributed by atoms with Crippen LogP contribution >= 0.6 is 0 Å². The molecule has 0 N–H and O–H groups in total. The summed E-state index contributed by atoms with van der Waals surface area (Å²) in [5.41, 5.74) is 5.28. The molecule has 1 aliphatic carbocycles. The lowest BCUT2D eigenvalue weighted by molar-refractivity contribution is 0.104. The highest BCUT2D eigenvalue weighted by Gasteiger charge is 2.32. The van der Waals surface area contributed by atoms with Crippen LogP contribution in [0.4, 0.5) is 0 Å². The molecule has 104 valence electrons. The molecular weight excluding hydrogens is 274 g/mol. The smallest absolute Gasteiger partial charge is 0.199 e. The summed E-state index contributed by atoms with van der Waals surface area (Å²) in [6, 6.07) is 15.4. The summed E-state index contributed by atoms with van der Waals surface area (Å²) in [5, 5.41) is 1.95. The Morgan fingerprint density at radius 1 is 0.955 bits per heavy atom. The Balaban J connectivity index is 2.02. The zero-order chi connectivity index (χ0) is 14.8. The Morgan fingerprint density at radius 2 is 1.68 bits per heavy atom. The summed E-state index contributed by atoms with van der Waals surface area (Å²) in [6.45, 7) is 1.97. The number of hydrogen-bond donors (Lipinski definition) is 0. The van der Waals surface area contributed by atoms with Gasteiger partial charge < -0.3 is 4.42 Å². The van der Waals surface area contributed by atoms with Crippen LogP contribution in [0.1, 0.15) is 21.6 Å². The molecule has 2 heterocycles. The average Bonchev–Trinajstić information content (AvgIpc) is 3.05. The standard InChI is InChI=1S/C19H11NO2/c1-10-15-13-8-4-5-9-14(13)22-19(15)16-17(20-10)11-6-2-3-7-12(11)18(16)21/h2-9H,1H3. The number of carbonyl (C=O) groups excluding carboxylic acids is 1. The fraction of sp³-hybridized carbons (Fsp3) is 0.0526. The summed E-state index contributed by atoms with van der Waals surface area (Å²) >= 11 is 0. The third kappa shape index (κ3) is 1.26. The van der Waals surface area contributed by atoms with Crippen LogP contribution < -0.4 is 0 Å². The van der Waals surface area contributed by atoms with Crippen molar-refractivity contribution in [1.29, 1.82) is 0 Å². The van der Waals surface area contributed by atoms with E-state index in [0.717, 1.165) is 33.3 Å². The van der Waals surface area contributed by atoms with Crippen molar-refractivity contribution in [2.75, 3.05) is 0 Å². The summed E-state index contributed by atoms with van der Waals surface area (Å²) in [5.74, 6) is 0.00200. The van der Waals surface area contributed by atoms with Gasteiger partial charge in [0.15, 0.2) is 11.4 Å². The molecule has 0 saturated heterocycles. The van der Waals surface area contributed by atoms with Gasteiger partial charge in [-0.05, 0) is 13.0 Å². The number of para-hydroxylation sites is 1. The number of benzene rings is 2. The van der Waals surface area contributed by atoms with E-state index in [0.29, 0.717) is 16.7 Å². The molecule has 0 amide bonds. The Labute approximate surface area is 126 Å². The number of nitrogens with zero attached hydrogens (tertiary/aromatic N) is 1. The zero-order valence-electron chi connectivity index (χ0n) is 11.9. The first kappa shape index (κ1) is 11.7. The minimum Gasteiger partial charge on any atom is -0.455 e. The minimum absolute atomic E-state index is 0.00200. The van der Waals surface area contributed by atoms with E-state index in [-0.39, 0.29) is 5.78 Å². The van der Waals surface area contributed by atoms with Crippen molar-refractivity contribution in [3.05, 3.63) is 65.4 Å². The van der Waals surface area contributed by atoms with Crippen molar-refractivity contribution in [1.82, 2.24) is 4.98 Å². The van der Waals surface area contributed by atoms with Crippen LogP contribution in [0.25, 0.3) is 33.2 Å². The van der Waals surface area contributed by atoms with Crippen molar-refractivity contribution in [2.45, 2.75) is 6.92 Å². The topological polar surface area (TPSA) is 43.1 Å². The second kappa shape index (κ2) is 3.83. The molecule has 1 aliphatic rings. The van der Waals surface area contributed by atoms with Crippen molar-refractivity contribution in [3.63, 3.8) is 0 Å². The molecule has 0 bridgehead atoms. The SMILES string of the molecule is Cc1nc2c(c3oc4ccccc4c13)C(=O)c1ccccc1-2. The van der Waals surface area contributed by atoms with Gasteiger partial charge in [0.2, 0.25) is 0 Å². The number of hydrogen-bond acceptors (Lipinski definition) is 3. The van der Waals surface area contributed by atoms with Crippen LogP contribution in [0.5, 0.6) is 0 Å². The van der Waals surface area contributed by atoms with Crippen LogP contribution in [0.2, 0.25) is 0 Å². The second-order valence-electron chi connectivity index (χ2n) is 5.60.